The van der Waals surface area contributed by atoms with E-state index in [0.29, 0.717) is 25.8 Å². The summed E-state index contributed by atoms with van der Waals surface area (Å²) in [6.45, 7) is 4.27. The second-order valence-corrected chi connectivity index (χ2v) is 6.60. The maximum atomic E-state index is 12.9. The highest BCUT2D eigenvalue weighted by Gasteiger charge is 2.39. The van der Waals surface area contributed by atoms with E-state index in [0.717, 1.165) is 5.56 Å². The van der Waals surface area contributed by atoms with Crippen LogP contribution >= 0.6 is 0 Å². The quantitative estimate of drug-likeness (QED) is 0.776. The van der Waals surface area contributed by atoms with Crippen LogP contribution in [-0.2, 0) is 20.9 Å². The molecule has 3 atom stereocenters. The van der Waals surface area contributed by atoms with Crippen LogP contribution in [-0.4, -0.2) is 46.6 Å². The molecule has 0 aliphatic carbocycles. The molecule has 26 heavy (non-hydrogen) atoms. The van der Waals surface area contributed by atoms with E-state index < -0.39 is 24.1 Å². The fourth-order valence-electron chi connectivity index (χ4n) is 3.04. The first-order valence-corrected chi connectivity index (χ1v) is 8.94. The van der Waals surface area contributed by atoms with Crippen LogP contribution < -0.4 is 5.32 Å². The summed E-state index contributed by atoms with van der Waals surface area (Å²) in [5.74, 6) is -1.51. The van der Waals surface area contributed by atoms with Crippen LogP contribution in [0.2, 0.25) is 0 Å². The smallest absolute Gasteiger partial charge is 0.408 e. The number of carboxylic acids is 1. The Labute approximate surface area is 153 Å². The van der Waals surface area contributed by atoms with Crippen LogP contribution in [0.4, 0.5) is 4.79 Å². The number of amides is 2. The molecule has 1 aliphatic rings. The number of rotatable bonds is 7. The van der Waals surface area contributed by atoms with Crippen LogP contribution in [0.3, 0.4) is 0 Å². The van der Waals surface area contributed by atoms with Gasteiger partial charge in [0.1, 0.15) is 18.7 Å². The molecular formula is C19H26N2O5. The van der Waals surface area contributed by atoms with Crippen molar-refractivity contribution in [3.8, 4) is 0 Å². The van der Waals surface area contributed by atoms with Crippen LogP contribution in [0.1, 0.15) is 38.7 Å². The Morgan fingerprint density at radius 2 is 2.00 bits per heavy atom. The van der Waals surface area contributed by atoms with Crippen molar-refractivity contribution in [3.05, 3.63) is 35.9 Å². The highest BCUT2D eigenvalue weighted by Crippen LogP contribution is 2.21. The number of benzene rings is 1. The minimum absolute atomic E-state index is 0.107. The van der Waals surface area contributed by atoms with E-state index in [1.54, 1.807) is 0 Å². The molecule has 142 valence electrons. The van der Waals surface area contributed by atoms with Crippen molar-refractivity contribution in [2.75, 3.05) is 6.54 Å². The first-order valence-electron chi connectivity index (χ1n) is 8.94. The Morgan fingerprint density at radius 1 is 1.31 bits per heavy atom. The topological polar surface area (TPSA) is 95.9 Å². The molecule has 0 bridgehead atoms. The average Bonchev–Trinajstić information content (AvgIpc) is 3.14. The molecule has 0 aromatic heterocycles. The van der Waals surface area contributed by atoms with Crippen LogP contribution in [0.25, 0.3) is 0 Å². The Bertz CT molecular complexity index is 634. The second kappa shape index (κ2) is 9.22. The molecule has 2 amide bonds. The van der Waals surface area contributed by atoms with Gasteiger partial charge in [-0.25, -0.2) is 9.59 Å². The van der Waals surface area contributed by atoms with Gasteiger partial charge in [0.25, 0.3) is 0 Å². The summed E-state index contributed by atoms with van der Waals surface area (Å²) < 4.78 is 5.20. The molecule has 1 fully saturated rings. The molecule has 1 heterocycles. The predicted octanol–water partition coefficient (Wildman–Crippen LogP) is 2.40. The zero-order valence-corrected chi connectivity index (χ0v) is 15.2. The Hall–Kier alpha value is -2.57. The van der Waals surface area contributed by atoms with E-state index in [4.69, 9.17) is 4.74 Å². The number of alkyl carbamates (subject to hydrolysis) is 1. The molecule has 0 spiro atoms. The lowest BCUT2D eigenvalue weighted by atomic mass is 9.97. The van der Waals surface area contributed by atoms with Gasteiger partial charge < -0.3 is 20.1 Å². The van der Waals surface area contributed by atoms with E-state index in [-0.39, 0.29) is 18.4 Å². The number of likely N-dealkylation sites (tertiary alicyclic amines) is 1. The number of aliphatic carboxylic acids is 1. The molecular weight excluding hydrogens is 336 g/mol. The number of nitrogens with one attached hydrogen (secondary N) is 1. The fourth-order valence-corrected chi connectivity index (χ4v) is 3.04. The van der Waals surface area contributed by atoms with Gasteiger partial charge >= 0.3 is 12.1 Å². The summed E-state index contributed by atoms with van der Waals surface area (Å²) in [4.78, 5) is 37.7. The highest BCUT2D eigenvalue weighted by atomic mass is 16.5. The van der Waals surface area contributed by atoms with Crippen LogP contribution in [0.5, 0.6) is 0 Å². The number of hydrogen-bond donors (Lipinski definition) is 2. The summed E-state index contributed by atoms with van der Waals surface area (Å²) in [5, 5.41) is 11.9. The van der Waals surface area contributed by atoms with Gasteiger partial charge in [-0.1, -0.05) is 50.6 Å². The summed E-state index contributed by atoms with van der Waals surface area (Å²) in [5.41, 5.74) is 0.847. The number of hydrogen-bond acceptors (Lipinski definition) is 4. The summed E-state index contributed by atoms with van der Waals surface area (Å²) >= 11 is 0. The molecule has 1 aliphatic heterocycles. The van der Waals surface area contributed by atoms with Gasteiger partial charge in [-0.2, -0.15) is 0 Å². The van der Waals surface area contributed by atoms with Crippen molar-refractivity contribution in [2.24, 2.45) is 5.92 Å². The normalized spacial score (nSPS) is 18.8. The minimum Gasteiger partial charge on any atom is -0.480 e. The number of ether oxygens (including phenoxy) is 1. The second-order valence-electron chi connectivity index (χ2n) is 6.60. The summed E-state index contributed by atoms with van der Waals surface area (Å²) in [7, 11) is 0. The van der Waals surface area contributed by atoms with Crippen molar-refractivity contribution in [1.29, 1.82) is 0 Å². The van der Waals surface area contributed by atoms with Gasteiger partial charge in [-0.05, 0) is 24.3 Å². The third-order valence-electron chi connectivity index (χ3n) is 4.79. The van der Waals surface area contributed by atoms with E-state index in [2.05, 4.69) is 5.32 Å². The van der Waals surface area contributed by atoms with E-state index >= 15 is 0 Å². The lowest BCUT2D eigenvalue weighted by molar-refractivity contribution is -0.149. The summed E-state index contributed by atoms with van der Waals surface area (Å²) in [6.07, 6.45) is 1.07. The first-order chi connectivity index (χ1) is 12.4. The molecule has 0 saturated carbocycles. The highest BCUT2D eigenvalue weighted by molar-refractivity contribution is 5.90. The Morgan fingerprint density at radius 3 is 2.62 bits per heavy atom. The maximum absolute atomic E-state index is 12.9. The molecule has 1 unspecified atom stereocenters. The standard InChI is InChI=1S/C19H26N2O5/c1-3-13(2)16(17(22)21-11-7-10-15(21)18(23)24)20-19(25)26-12-14-8-5-4-6-9-14/h4-6,8-9,13,15-16H,3,7,10-12H2,1-2H3,(H,20,25)(H,23,24)/t13-,15?,16-/m0/s1. The molecule has 2 N–H and O–H groups in total. The van der Waals surface area contributed by atoms with Gasteiger partial charge in [-0.3, -0.25) is 4.79 Å². The van der Waals surface area contributed by atoms with Gasteiger partial charge in [0, 0.05) is 6.54 Å². The SMILES string of the molecule is CC[C@H](C)[C@H](NC(=O)OCc1ccccc1)C(=O)N1CCCC1C(=O)O. The first kappa shape index (κ1) is 19.8. The van der Waals surface area contributed by atoms with Gasteiger partial charge in [0.15, 0.2) is 0 Å². The van der Waals surface area contributed by atoms with Crippen molar-refractivity contribution in [2.45, 2.75) is 51.8 Å². The lowest BCUT2D eigenvalue weighted by Crippen LogP contribution is -2.54. The lowest BCUT2D eigenvalue weighted by Gasteiger charge is -2.30. The van der Waals surface area contributed by atoms with Gasteiger partial charge in [0.2, 0.25) is 5.91 Å². The zero-order valence-electron chi connectivity index (χ0n) is 15.2. The number of carboxylic acid groups (broad SMARTS) is 1. The van der Waals surface area contributed by atoms with Gasteiger partial charge in [0.05, 0.1) is 0 Å². The van der Waals surface area contributed by atoms with Crippen LogP contribution in [0.15, 0.2) is 30.3 Å². The third kappa shape index (κ3) is 4.97. The molecule has 7 nitrogen and oxygen atoms in total. The predicted molar refractivity (Wildman–Crippen MR) is 95.4 cm³/mol. The molecule has 1 saturated heterocycles. The third-order valence-corrected chi connectivity index (χ3v) is 4.79. The molecule has 1 aromatic carbocycles. The number of carbonyl (C=O) groups is 3. The molecule has 7 heteroatoms. The minimum atomic E-state index is -1.01. The summed E-state index contributed by atoms with van der Waals surface area (Å²) in [6, 6.07) is 7.62. The Balaban J connectivity index is 2.01. The number of nitrogens with zero attached hydrogens (tertiary/aromatic N) is 1. The number of carbonyl (C=O) groups excluding carboxylic acids is 2. The van der Waals surface area contributed by atoms with E-state index in [1.807, 2.05) is 44.2 Å². The monoisotopic (exact) mass is 362 g/mol. The van der Waals surface area contributed by atoms with Crippen molar-refractivity contribution in [1.82, 2.24) is 10.2 Å². The van der Waals surface area contributed by atoms with Crippen LogP contribution in [0, 0.1) is 5.92 Å². The van der Waals surface area contributed by atoms with Crippen molar-refractivity contribution >= 4 is 18.0 Å². The maximum Gasteiger partial charge on any atom is 0.408 e. The molecule has 1 aromatic rings. The average molecular weight is 362 g/mol. The van der Waals surface area contributed by atoms with Gasteiger partial charge in [-0.15, -0.1) is 0 Å². The molecule has 2 rings (SSSR count). The zero-order chi connectivity index (χ0) is 19.1. The van der Waals surface area contributed by atoms with Crippen molar-refractivity contribution in [3.63, 3.8) is 0 Å². The fraction of sp³-hybridized carbons (Fsp3) is 0.526. The van der Waals surface area contributed by atoms with E-state index in [9.17, 15) is 19.5 Å². The largest absolute Gasteiger partial charge is 0.480 e. The van der Waals surface area contributed by atoms with Crippen molar-refractivity contribution < 1.29 is 24.2 Å². The Kier molecular flexibility index (Phi) is 7.00. The van der Waals surface area contributed by atoms with E-state index in [1.165, 1.54) is 4.90 Å². The molecule has 0 radical (unpaired) electrons.